The number of rotatable bonds is 5. The maximum absolute atomic E-state index is 9.02. The van der Waals surface area contributed by atoms with E-state index in [1.54, 1.807) is 0 Å². The van der Waals surface area contributed by atoms with E-state index in [1.165, 1.54) is 38.5 Å². The lowest BCUT2D eigenvalue weighted by Gasteiger charge is -2.32. The van der Waals surface area contributed by atoms with Crippen molar-refractivity contribution in [1.29, 1.82) is 0 Å². The first kappa shape index (κ1) is 12.0. The van der Waals surface area contributed by atoms with E-state index in [2.05, 4.69) is 19.2 Å². The summed E-state index contributed by atoms with van der Waals surface area (Å²) in [4.78, 5) is 0. The summed E-state index contributed by atoms with van der Waals surface area (Å²) >= 11 is 0. The highest BCUT2D eigenvalue weighted by Gasteiger charge is 2.22. The van der Waals surface area contributed by atoms with Crippen LogP contribution in [0.3, 0.4) is 0 Å². The number of aliphatic hydroxyl groups is 1. The van der Waals surface area contributed by atoms with Gasteiger partial charge in [-0.15, -0.1) is 0 Å². The molecule has 2 atom stereocenters. The summed E-state index contributed by atoms with van der Waals surface area (Å²) < 4.78 is 0. The van der Waals surface area contributed by atoms with Crippen molar-refractivity contribution >= 4 is 0 Å². The zero-order valence-corrected chi connectivity index (χ0v) is 9.63. The van der Waals surface area contributed by atoms with Crippen LogP contribution in [0.15, 0.2) is 0 Å². The second-order valence-corrected chi connectivity index (χ2v) is 4.66. The number of hydrogen-bond acceptors (Lipinski definition) is 2. The highest BCUT2D eigenvalue weighted by Crippen LogP contribution is 2.27. The Morgan fingerprint density at radius 2 is 1.93 bits per heavy atom. The molecular weight excluding hydrogens is 174 g/mol. The predicted molar refractivity (Wildman–Crippen MR) is 60.3 cm³/mol. The zero-order valence-electron chi connectivity index (χ0n) is 9.63. The Morgan fingerprint density at radius 3 is 2.43 bits per heavy atom. The topological polar surface area (TPSA) is 32.3 Å². The molecule has 1 saturated carbocycles. The molecule has 2 N–H and O–H groups in total. The van der Waals surface area contributed by atoms with Crippen LogP contribution in [0.4, 0.5) is 0 Å². The van der Waals surface area contributed by atoms with Crippen LogP contribution in [0.1, 0.15) is 52.4 Å². The first-order valence-electron chi connectivity index (χ1n) is 6.14. The van der Waals surface area contributed by atoms with Gasteiger partial charge in [-0.1, -0.05) is 26.2 Å². The largest absolute Gasteiger partial charge is 0.395 e. The third-order valence-electron chi connectivity index (χ3n) is 3.43. The van der Waals surface area contributed by atoms with Crippen LogP contribution < -0.4 is 5.32 Å². The van der Waals surface area contributed by atoms with Gasteiger partial charge in [0, 0.05) is 12.1 Å². The number of aliphatic hydroxyl groups excluding tert-OH is 1. The van der Waals surface area contributed by atoms with E-state index >= 15 is 0 Å². The molecule has 0 aromatic rings. The van der Waals surface area contributed by atoms with Crippen molar-refractivity contribution in [2.24, 2.45) is 5.92 Å². The molecule has 84 valence electrons. The van der Waals surface area contributed by atoms with Gasteiger partial charge >= 0.3 is 0 Å². The van der Waals surface area contributed by atoms with Gasteiger partial charge in [-0.05, 0) is 32.1 Å². The number of hydrogen-bond donors (Lipinski definition) is 2. The van der Waals surface area contributed by atoms with Gasteiger partial charge in [-0.2, -0.15) is 0 Å². The van der Waals surface area contributed by atoms with E-state index in [0.717, 1.165) is 5.92 Å². The lowest BCUT2D eigenvalue weighted by Crippen LogP contribution is -2.43. The van der Waals surface area contributed by atoms with Gasteiger partial charge in [0.2, 0.25) is 0 Å². The maximum Gasteiger partial charge on any atom is 0.0582 e. The Hall–Kier alpha value is -0.0800. The Bertz CT molecular complexity index is 143. The van der Waals surface area contributed by atoms with Crippen LogP contribution in [0.5, 0.6) is 0 Å². The molecule has 1 aliphatic rings. The van der Waals surface area contributed by atoms with Gasteiger partial charge in [0.05, 0.1) is 6.61 Å². The summed E-state index contributed by atoms with van der Waals surface area (Å²) in [6, 6.07) is 0.874. The summed E-state index contributed by atoms with van der Waals surface area (Å²) in [6.07, 6.45) is 8.16. The molecule has 0 radical (unpaired) electrons. The number of nitrogens with one attached hydrogen (secondary N) is 1. The molecule has 1 fully saturated rings. The van der Waals surface area contributed by atoms with Crippen molar-refractivity contribution < 1.29 is 5.11 Å². The van der Waals surface area contributed by atoms with E-state index in [0.29, 0.717) is 6.04 Å². The molecule has 2 nitrogen and oxygen atoms in total. The Labute approximate surface area is 88.1 Å². The lowest BCUT2D eigenvalue weighted by molar-refractivity contribution is 0.201. The fourth-order valence-corrected chi connectivity index (χ4v) is 2.54. The van der Waals surface area contributed by atoms with Crippen LogP contribution in [-0.2, 0) is 0 Å². The Morgan fingerprint density at radius 1 is 1.29 bits per heavy atom. The molecule has 0 saturated heterocycles. The summed E-state index contributed by atoms with van der Waals surface area (Å²) in [5.74, 6) is 0.850. The van der Waals surface area contributed by atoms with Crippen molar-refractivity contribution in [1.82, 2.24) is 5.32 Å². The van der Waals surface area contributed by atoms with Crippen molar-refractivity contribution in [3.8, 4) is 0 Å². The van der Waals surface area contributed by atoms with E-state index in [9.17, 15) is 0 Å². The Balaban J connectivity index is 2.35. The third kappa shape index (κ3) is 3.58. The standard InChI is InChI=1S/C12H25NO/c1-3-12(13-10(2)9-14)11-7-5-4-6-8-11/h10-14H,3-9H2,1-2H3/t10-,12?/m1/s1. The molecule has 0 heterocycles. The monoisotopic (exact) mass is 199 g/mol. The smallest absolute Gasteiger partial charge is 0.0582 e. The van der Waals surface area contributed by atoms with Crippen LogP contribution in [-0.4, -0.2) is 23.8 Å². The van der Waals surface area contributed by atoms with Gasteiger partial charge in [-0.3, -0.25) is 0 Å². The predicted octanol–water partition coefficient (Wildman–Crippen LogP) is 2.32. The summed E-state index contributed by atoms with van der Waals surface area (Å²) in [7, 11) is 0. The SMILES string of the molecule is CCC(N[C@H](C)CO)C1CCCCC1. The summed E-state index contributed by atoms with van der Waals surface area (Å²) in [5.41, 5.74) is 0. The average molecular weight is 199 g/mol. The van der Waals surface area contributed by atoms with Crippen molar-refractivity contribution in [2.45, 2.75) is 64.5 Å². The minimum Gasteiger partial charge on any atom is -0.395 e. The van der Waals surface area contributed by atoms with Gasteiger partial charge < -0.3 is 10.4 Å². The van der Waals surface area contributed by atoms with Gasteiger partial charge in [0.1, 0.15) is 0 Å². The lowest BCUT2D eigenvalue weighted by atomic mass is 9.82. The minimum atomic E-state index is 0.252. The molecule has 14 heavy (non-hydrogen) atoms. The fraction of sp³-hybridized carbons (Fsp3) is 1.00. The maximum atomic E-state index is 9.02. The van der Waals surface area contributed by atoms with E-state index < -0.39 is 0 Å². The normalized spacial score (nSPS) is 23.4. The van der Waals surface area contributed by atoms with Crippen molar-refractivity contribution in [3.05, 3.63) is 0 Å². The summed E-state index contributed by atoms with van der Waals surface area (Å²) in [6.45, 7) is 4.56. The van der Waals surface area contributed by atoms with Gasteiger partial charge in [0.15, 0.2) is 0 Å². The summed E-state index contributed by atoms with van der Waals surface area (Å²) in [5, 5.41) is 12.6. The van der Waals surface area contributed by atoms with Crippen molar-refractivity contribution in [2.75, 3.05) is 6.61 Å². The molecular formula is C12H25NO. The van der Waals surface area contributed by atoms with Gasteiger partial charge in [0.25, 0.3) is 0 Å². The Kier molecular flexibility index (Phi) is 5.49. The van der Waals surface area contributed by atoms with Gasteiger partial charge in [-0.25, -0.2) is 0 Å². The first-order chi connectivity index (χ1) is 6.77. The molecule has 0 aliphatic heterocycles. The van der Waals surface area contributed by atoms with Crippen LogP contribution in [0, 0.1) is 5.92 Å². The molecule has 1 aliphatic carbocycles. The highest BCUT2D eigenvalue weighted by molar-refractivity contribution is 4.80. The molecule has 0 amide bonds. The quantitative estimate of drug-likeness (QED) is 0.712. The van der Waals surface area contributed by atoms with Crippen molar-refractivity contribution in [3.63, 3.8) is 0 Å². The fourth-order valence-electron chi connectivity index (χ4n) is 2.54. The van der Waals surface area contributed by atoms with E-state index in [1.807, 2.05) is 0 Å². The van der Waals surface area contributed by atoms with Crippen LogP contribution >= 0.6 is 0 Å². The average Bonchev–Trinajstić information content (AvgIpc) is 2.26. The molecule has 1 unspecified atom stereocenters. The molecule has 1 rings (SSSR count). The molecule has 2 heteroatoms. The minimum absolute atomic E-state index is 0.252. The third-order valence-corrected chi connectivity index (χ3v) is 3.43. The molecule has 0 aromatic carbocycles. The van der Waals surface area contributed by atoms with Crippen LogP contribution in [0.25, 0.3) is 0 Å². The molecule has 0 spiro atoms. The second kappa shape index (κ2) is 6.41. The van der Waals surface area contributed by atoms with E-state index in [-0.39, 0.29) is 12.6 Å². The zero-order chi connectivity index (χ0) is 10.4. The highest BCUT2D eigenvalue weighted by atomic mass is 16.3. The second-order valence-electron chi connectivity index (χ2n) is 4.66. The van der Waals surface area contributed by atoms with E-state index in [4.69, 9.17) is 5.11 Å². The van der Waals surface area contributed by atoms with Crippen LogP contribution in [0.2, 0.25) is 0 Å². The molecule has 0 aromatic heterocycles. The first-order valence-corrected chi connectivity index (χ1v) is 6.14. The molecule has 0 bridgehead atoms.